The van der Waals surface area contributed by atoms with Crippen LogP contribution in [-0.4, -0.2) is 25.8 Å². The number of carbonyl (C=O) groups is 1. The minimum atomic E-state index is -0.683. The fourth-order valence-electron chi connectivity index (χ4n) is 3.10. The minimum absolute atomic E-state index is 0.255. The lowest BCUT2D eigenvalue weighted by Crippen LogP contribution is -2.40. The van der Waals surface area contributed by atoms with Crippen LogP contribution in [0.5, 0.6) is 0 Å². The standard InChI is InChI=1S/C16H27N3O2/c1-12(2)10-19-13(17-11-18-19)9-16(14(20)21)7-5-15(3,4)6-8-16/h11-12H,5-10H2,1-4H3,(H,20,21). The fourth-order valence-corrected chi connectivity index (χ4v) is 3.10. The zero-order chi connectivity index (χ0) is 15.7. The Morgan fingerprint density at radius 2 is 1.95 bits per heavy atom. The number of carboxylic acid groups (broad SMARTS) is 1. The molecule has 1 N–H and O–H groups in total. The summed E-state index contributed by atoms with van der Waals surface area (Å²) in [5, 5.41) is 14.0. The van der Waals surface area contributed by atoms with E-state index in [-0.39, 0.29) is 5.41 Å². The van der Waals surface area contributed by atoms with Crippen molar-refractivity contribution in [2.75, 3.05) is 0 Å². The molecule has 5 heteroatoms. The Morgan fingerprint density at radius 1 is 1.33 bits per heavy atom. The van der Waals surface area contributed by atoms with Crippen molar-refractivity contribution in [1.82, 2.24) is 14.8 Å². The number of carboxylic acids is 1. The molecule has 1 aliphatic rings. The third-order valence-electron chi connectivity index (χ3n) is 4.74. The molecule has 1 saturated carbocycles. The van der Waals surface area contributed by atoms with Crippen molar-refractivity contribution >= 4 is 5.97 Å². The highest BCUT2D eigenvalue weighted by Gasteiger charge is 2.45. The Morgan fingerprint density at radius 3 is 2.48 bits per heavy atom. The van der Waals surface area contributed by atoms with Gasteiger partial charge in [0.25, 0.3) is 0 Å². The molecule has 0 radical (unpaired) electrons. The normalized spacial score (nSPS) is 20.6. The SMILES string of the molecule is CC(C)Cn1ncnc1CC1(C(=O)O)CCC(C)(C)CC1. The number of hydrogen-bond donors (Lipinski definition) is 1. The molecule has 0 atom stereocenters. The van der Waals surface area contributed by atoms with Crippen molar-refractivity contribution in [3.63, 3.8) is 0 Å². The zero-order valence-corrected chi connectivity index (χ0v) is 13.6. The van der Waals surface area contributed by atoms with Crippen LogP contribution in [0.3, 0.4) is 0 Å². The number of nitrogens with zero attached hydrogens (tertiary/aromatic N) is 3. The van der Waals surface area contributed by atoms with Crippen molar-refractivity contribution in [2.45, 2.75) is 66.3 Å². The quantitative estimate of drug-likeness (QED) is 0.905. The lowest BCUT2D eigenvalue weighted by atomic mass is 9.63. The van der Waals surface area contributed by atoms with Crippen LogP contribution < -0.4 is 0 Å². The number of aromatic nitrogens is 3. The predicted octanol–water partition coefficient (Wildman–Crippen LogP) is 3.15. The first kappa shape index (κ1) is 16.0. The number of aliphatic carboxylic acids is 1. The summed E-state index contributed by atoms with van der Waals surface area (Å²) in [5.74, 6) is 0.597. The average Bonchev–Trinajstić information content (AvgIpc) is 2.78. The summed E-state index contributed by atoms with van der Waals surface area (Å²) in [4.78, 5) is 16.2. The van der Waals surface area contributed by atoms with Crippen LogP contribution in [0.2, 0.25) is 0 Å². The van der Waals surface area contributed by atoms with E-state index in [4.69, 9.17) is 0 Å². The van der Waals surface area contributed by atoms with Gasteiger partial charge >= 0.3 is 5.97 Å². The zero-order valence-electron chi connectivity index (χ0n) is 13.6. The highest BCUT2D eigenvalue weighted by Crippen LogP contribution is 2.46. The van der Waals surface area contributed by atoms with Crippen LogP contribution in [0.1, 0.15) is 59.2 Å². The molecule has 0 aromatic carbocycles. The molecule has 1 aromatic rings. The third-order valence-corrected chi connectivity index (χ3v) is 4.74. The van der Waals surface area contributed by atoms with Gasteiger partial charge in [-0.15, -0.1) is 0 Å². The smallest absolute Gasteiger partial charge is 0.310 e. The van der Waals surface area contributed by atoms with Gasteiger partial charge in [-0.2, -0.15) is 5.10 Å². The number of rotatable bonds is 5. The molecule has 0 saturated heterocycles. The maximum Gasteiger partial charge on any atom is 0.310 e. The van der Waals surface area contributed by atoms with Gasteiger partial charge in [0.05, 0.1) is 5.41 Å². The van der Waals surface area contributed by atoms with Gasteiger partial charge in [-0.25, -0.2) is 9.67 Å². The van der Waals surface area contributed by atoms with E-state index in [0.29, 0.717) is 12.3 Å². The van der Waals surface area contributed by atoms with E-state index in [0.717, 1.165) is 38.1 Å². The van der Waals surface area contributed by atoms with Crippen molar-refractivity contribution in [1.29, 1.82) is 0 Å². The molecule has 0 aliphatic heterocycles. The van der Waals surface area contributed by atoms with Crippen LogP contribution in [-0.2, 0) is 17.8 Å². The Bertz CT molecular complexity index is 495. The van der Waals surface area contributed by atoms with E-state index >= 15 is 0 Å². The van der Waals surface area contributed by atoms with Crippen LogP contribution in [0, 0.1) is 16.7 Å². The van der Waals surface area contributed by atoms with Gasteiger partial charge in [0.15, 0.2) is 0 Å². The molecule has 118 valence electrons. The molecule has 21 heavy (non-hydrogen) atoms. The van der Waals surface area contributed by atoms with E-state index in [1.165, 1.54) is 0 Å². The second kappa shape index (κ2) is 5.78. The second-order valence-corrected chi connectivity index (χ2v) is 7.68. The van der Waals surface area contributed by atoms with Gasteiger partial charge in [-0.3, -0.25) is 4.79 Å². The Hall–Kier alpha value is -1.39. The molecule has 1 aliphatic carbocycles. The first-order chi connectivity index (χ1) is 9.74. The molecule has 0 amide bonds. The summed E-state index contributed by atoms with van der Waals surface area (Å²) in [5.41, 5.74) is -0.415. The maximum atomic E-state index is 11.9. The van der Waals surface area contributed by atoms with Gasteiger partial charge in [0.1, 0.15) is 12.2 Å². The summed E-state index contributed by atoms with van der Waals surface area (Å²) in [6, 6.07) is 0. The highest BCUT2D eigenvalue weighted by molar-refractivity contribution is 5.75. The van der Waals surface area contributed by atoms with E-state index in [9.17, 15) is 9.90 Å². The Kier molecular flexibility index (Phi) is 4.40. The first-order valence-corrected chi connectivity index (χ1v) is 7.84. The van der Waals surface area contributed by atoms with Gasteiger partial charge < -0.3 is 5.11 Å². The largest absolute Gasteiger partial charge is 0.481 e. The predicted molar refractivity (Wildman–Crippen MR) is 80.9 cm³/mol. The van der Waals surface area contributed by atoms with Crippen LogP contribution >= 0.6 is 0 Å². The van der Waals surface area contributed by atoms with Crippen molar-refractivity contribution < 1.29 is 9.90 Å². The van der Waals surface area contributed by atoms with Crippen molar-refractivity contribution in [3.8, 4) is 0 Å². The summed E-state index contributed by atoms with van der Waals surface area (Å²) >= 11 is 0. The first-order valence-electron chi connectivity index (χ1n) is 7.84. The lowest BCUT2D eigenvalue weighted by molar-refractivity contribution is -0.152. The van der Waals surface area contributed by atoms with E-state index < -0.39 is 11.4 Å². The molecule has 1 heterocycles. The molecular formula is C16H27N3O2. The van der Waals surface area contributed by atoms with E-state index in [1.54, 1.807) is 6.33 Å². The molecule has 1 aromatic heterocycles. The van der Waals surface area contributed by atoms with E-state index in [1.807, 2.05) is 4.68 Å². The van der Waals surface area contributed by atoms with Crippen molar-refractivity contribution in [2.24, 2.45) is 16.7 Å². The molecule has 2 rings (SSSR count). The molecule has 1 fully saturated rings. The molecule has 0 unspecified atom stereocenters. The second-order valence-electron chi connectivity index (χ2n) is 7.68. The highest BCUT2D eigenvalue weighted by atomic mass is 16.4. The average molecular weight is 293 g/mol. The van der Waals surface area contributed by atoms with Crippen molar-refractivity contribution in [3.05, 3.63) is 12.2 Å². The van der Waals surface area contributed by atoms with E-state index in [2.05, 4.69) is 37.8 Å². The Labute approximate surface area is 126 Å². The fraction of sp³-hybridized carbons (Fsp3) is 0.812. The summed E-state index contributed by atoms with van der Waals surface area (Å²) in [6.45, 7) is 9.49. The lowest BCUT2D eigenvalue weighted by Gasteiger charge is -2.40. The minimum Gasteiger partial charge on any atom is -0.481 e. The topological polar surface area (TPSA) is 68.0 Å². The van der Waals surface area contributed by atoms with Gasteiger partial charge in [-0.1, -0.05) is 27.7 Å². The van der Waals surface area contributed by atoms with Crippen LogP contribution in [0.25, 0.3) is 0 Å². The van der Waals surface area contributed by atoms with Crippen LogP contribution in [0.4, 0.5) is 0 Å². The molecule has 0 spiro atoms. The summed E-state index contributed by atoms with van der Waals surface area (Å²) in [7, 11) is 0. The van der Waals surface area contributed by atoms with Crippen LogP contribution in [0.15, 0.2) is 6.33 Å². The maximum absolute atomic E-state index is 11.9. The van der Waals surface area contributed by atoms with Gasteiger partial charge in [-0.05, 0) is 37.0 Å². The summed E-state index contributed by atoms with van der Waals surface area (Å²) < 4.78 is 1.87. The van der Waals surface area contributed by atoms with Gasteiger partial charge in [0, 0.05) is 13.0 Å². The Balaban J connectivity index is 2.18. The molecule has 0 bridgehead atoms. The third kappa shape index (κ3) is 3.63. The molecule has 5 nitrogen and oxygen atoms in total. The molecular weight excluding hydrogens is 266 g/mol. The number of hydrogen-bond acceptors (Lipinski definition) is 3. The van der Waals surface area contributed by atoms with Gasteiger partial charge in [0.2, 0.25) is 0 Å². The monoisotopic (exact) mass is 293 g/mol. The summed E-state index contributed by atoms with van der Waals surface area (Å²) in [6.07, 6.45) is 5.40.